The Morgan fingerprint density at radius 3 is 2.70 bits per heavy atom. The lowest BCUT2D eigenvalue weighted by Gasteiger charge is -2.06. The van der Waals surface area contributed by atoms with Crippen LogP contribution in [0.25, 0.3) is 5.69 Å². The van der Waals surface area contributed by atoms with Gasteiger partial charge in [-0.2, -0.15) is 0 Å². The molecule has 1 heterocycles. The van der Waals surface area contributed by atoms with Crippen molar-refractivity contribution >= 4 is 47.0 Å². The van der Waals surface area contributed by atoms with Gasteiger partial charge in [-0.05, 0) is 48.3 Å². The molecule has 0 spiro atoms. The molecular weight excluding hydrogens is 406 g/mol. The molecule has 0 aliphatic heterocycles. The van der Waals surface area contributed by atoms with Gasteiger partial charge in [-0.25, -0.2) is 9.48 Å². The molecule has 0 N–H and O–H groups in total. The first-order valence-electron chi connectivity index (χ1n) is 7.63. The Labute approximate surface area is 167 Å². The highest BCUT2D eigenvalue weighted by molar-refractivity contribution is 8.00. The van der Waals surface area contributed by atoms with Crippen molar-refractivity contribution in [3.05, 3.63) is 73.7 Å². The van der Waals surface area contributed by atoms with E-state index in [0.717, 1.165) is 10.0 Å². The summed E-state index contributed by atoms with van der Waals surface area (Å²) < 4.78 is 8.36. The van der Waals surface area contributed by atoms with E-state index >= 15 is 0 Å². The molecule has 0 fully saturated rings. The number of thioether (sulfide) groups is 1. The van der Waals surface area contributed by atoms with Crippen molar-refractivity contribution in [1.82, 2.24) is 9.78 Å². The summed E-state index contributed by atoms with van der Waals surface area (Å²) in [5.74, 6) is -0.514. The van der Waals surface area contributed by atoms with Crippen molar-refractivity contribution in [3.8, 4) is 5.69 Å². The van der Waals surface area contributed by atoms with Crippen LogP contribution in [0.15, 0.2) is 52.9 Å². The summed E-state index contributed by atoms with van der Waals surface area (Å²) in [6, 6.07) is 12.7. The van der Waals surface area contributed by atoms with Crippen LogP contribution < -0.4 is 0 Å². The fourth-order valence-corrected chi connectivity index (χ4v) is 4.02. The molecule has 3 rings (SSSR count). The van der Waals surface area contributed by atoms with Crippen molar-refractivity contribution in [1.29, 1.82) is 0 Å². The third kappa shape index (κ3) is 4.59. The van der Waals surface area contributed by atoms with Gasteiger partial charge in [-0.15, -0.1) is 5.10 Å². The summed E-state index contributed by atoms with van der Waals surface area (Å²) in [5.41, 5.74) is 1.63. The Hall–Kier alpha value is -2.56. The molecule has 0 aliphatic rings. The number of carbonyl (C=O) groups is 1. The summed E-state index contributed by atoms with van der Waals surface area (Å²) in [6.07, 6.45) is 1.93. The molecule has 3 aromatic rings. The second-order valence-electron chi connectivity index (χ2n) is 5.30. The number of hydrogen-bond acceptors (Lipinski definition) is 8. The van der Waals surface area contributed by atoms with Gasteiger partial charge in [0.15, 0.2) is 8.29 Å². The number of nitro benzene ring substituents is 1. The molecule has 0 unspecified atom stereocenters. The first-order chi connectivity index (χ1) is 13.0. The van der Waals surface area contributed by atoms with E-state index in [1.807, 2.05) is 6.26 Å². The topological polar surface area (TPSA) is 87.3 Å². The minimum Gasteiger partial charge on any atom is -0.457 e. The number of benzene rings is 2. The Morgan fingerprint density at radius 2 is 2.07 bits per heavy atom. The average Bonchev–Trinajstić information content (AvgIpc) is 3.07. The highest BCUT2D eigenvalue weighted by atomic mass is 32.2. The van der Waals surface area contributed by atoms with E-state index in [9.17, 15) is 14.9 Å². The van der Waals surface area contributed by atoms with Crippen LogP contribution in [0.5, 0.6) is 0 Å². The molecule has 0 saturated heterocycles. The highest BCUT2D eigenvalue weighted by Gasteiger charge is 2.11. The molecule has 0 saturated carbocycles. The summed E-state index contributed by atoms with van der Waals surface area (Å²) >= 11 is 8.23. The molecule has 0 aliphatic carbocycles. The second-order valence-corrected chi connectivity index (χ2v) is 7.98. The van der Waals surface area contributed by atoms with Gasteiger partial charge in [0.25, 0.3) is 5.69 Å². The standard InChI is InChI=1S/C17H13N3O4S3/c1-26-16-18-19(17(25)27-16)13-7-5-12(6-8-13)15(21)24-10-11-3-2-4-14(9-11)20(22)23/h2-9H,10H2,1H3. The number of hydrogen-bond donors (Lipinski definition) is 0. The Bertz CT molecular complexity index is 1040. The van der Waals surface area contributed by atoms with Gasteiger partial charge in [0.1, 0.15) is 6.61 Å². The molecule has 0 amide bonds. The highest BCUT2D eigenvalue weighted by Crippen LogP contribution is 2.22. The third-order valence-electron chi connectivity index (χ3n) is 3.54. The zero-order valence-corrected chi connectivity index (χ0v) is 16.5. The van der Waals surface area contributed by atoms with Crippen LogP contribution in [0.3, 0.4) is 0 Å². The number of esters is 1. The summed E-state index contributed by atoms with van der Waals surface area (Å²) in [6.45, 7) is -0.0451. The number of carbonyl (C=O) groups excluding carboxylic acids is 1. The number of rotatable bonds is 6. The summed E-state index contributed by atoms with van der Waals surface area (Å²) in [4.78, 5) is 22.5. The van der Waals surface area contributed by atoms with E-state index in [-0.39, 0.29) is 12.3 Å². The molecular formula is C17H13N3O4S3. The van der Waals surface area contributed by atoms with Crippen LogP contribution in [-0.4, -0.2) is 26.9 Å². The maximum Gasteiger partial charge on any atom is 0.338 e. The number of aromatic nitrogens is 2. The van der Waals surface area contributed by atoms with Crippen LogP contribution in [0.1, 0.15) is 15.9 Å². The van der Waals surface area contributed by atoms with E-state index in [4.69, 9.17) is 17.0 Å². The molecule has 7 nitrogen and oxygen atoms in total. The molecule has 0 atom stereocenters. The van der Waals surface area contributed by atoms with E-state index in [1.54, 1.807) is 41.1 Å². The van der Waals surface area contributed by atoms with Crippen LogP contribution >= 0.6 is 35.3 Å². The van der Waals surface area contributed by atoms with Crippen molar-refractivity contribution in [2.45, 2.75) is 10.9 Å². The lowest BCUT2D eigenvalue weighted by Crippen LogP contribution is -2.06. The first kappa shape index (κ1) is 19.2. The van der Waals surface area contributed by atoms with Gasteiger partial charge in [-0.1, -0.05) is 35.2 Å². The Balaban J connectivity index is 1.69. The Kier molecular flexibility index (Phi) is 5.99. The molecule has 0 bridgehead atoms. The number of ether oxygens (including phenoxy) is 1. The molecule has 27 heavy (non-hydrogen) atoms. The van der Waals surface area contributed by atoms with Crippen molar-refractivity contribution in [3.63, 3.8) is 0 Å². The van der Waals surface area contributed by atoms with Crippen LogP contribution in [0, 0.1) is 14.1 Å². The summed E-state index contributed by atoms with van der Waals surface area (Å²) in [7, 11) is 0. The molecule has 138 valence electrons. The van der Waals surface area contributed by atoms with Gasteiger partial charge in [0.05, 0.1) is 16.2 Å². The smallest absolute Gasteiger partial charge is 0.338 e. The number of non-ortho nitro benzene ring substituents is 1. The summed E-state index contributed by atoms with van der Waals surface area (Å²) in [5, 5.41) is 15.2. The Morgan fingerprint density at radius 1 is 1.33 bits per heavy atom. The molecule has 10 heteroatoms. The lowest BCUT2D eigenvalue weighted by molar-refractivity contribution is -0.384. The maximum atomic E-state index is 12.2. The third-order valence-corrected chi connectivity index (χ3v) is 5.75. The van der Waals surface area contributed by atoms with Gasteiger partial charge in [0.2, 0.25) is 0 Å². The number of nitrogens with zero attached hydrogens (tertiary/aromatic N) is 3. The van der Waals surface area contributed by atoms with E-state index < -0.39 is 10.9 Å². The first-order valence-corrected chi connectivity index (χ1v) is 10.1. The quantitative estimate of drug-likeness (QED) is 0.189. The monoisotopic (exact) mass is 419 g/mol. The van der Waals surface area contributed by atoms with Crippen LogP contribution in [0.4, 0.5) is 5.69 Å². The second kappa shape index (κ2) is 8.42. The fraction of sp³-hybridized carbons (Fsp3) is 0.118. The lowest BCUT2D eigenvalue weighted by atomic mass is 10.2. The van der Waals surface area contributed by atoms with Crippen LogP contribution in [0.2, 0.25) is 0 Å². The van der Waals surface area contributed by atoms with E-state index in [1.165, 1.54) is 35.2 Å². The van der Waals surface area contributed by atoms with Gasteiger partial charge >= 0.3 is 5.97 Å². The maximum absolute atomic E-state index is 12.2. The number of nitro groups is 1. The zero-order chi connectivity index (χ0) is 19.4. The zero-order valence-electron chi connectivity index (χ0n) is 14.0. The van der Waals surface area contributed by atoms with Gasteiger partial charge in [-0.3, -0.25) is 10.1 Å². The normalized spacial score (nSPS) is 10.6. The van der Waals surface area contributed by atoms with Crippen molar-refractivity contribution in [2.75, 3.05) is 6.26 Å². The minimum atomic E-state index is -0.514. The predicted molar refractivity (Wildman–Crippen MR) is 106 cm³/mol. The molecule has 1 aromatic heterocycles. The van der Waals surface area contributed by atoms with Gasteiger partial charge < -0.3 is 4.74 Å². The van der Waals surface area contributed by atoms with Crippen molar-refractivity contribution in [2.24, 2.45) is 0 Å². The van der Waals surface area contributed by atoms with E-state index in [2.05, 4.69) is 5.10 Å². The van der Waals surface area contributed by atoms with Crippen LogP contribution in [-0.2, 0) is 11.3 Å². The molecule has 0 radical (unpaired) electrons. The average molecular weight is 420 g/mol. The van der Waals surface area contributed by atoms with Crippen molar-refractivity contribution < 1.29 is 14.5 Å². The predicted octanol–water partition coefficient (Wildman–Crippen LogP) is 4.65. The SMILES string of the molecule is CSc1nn(-c2ccc(C(=O)OCc3cccc([N+](=O)[O-])c3)cc2)c(=S)s1. The largest absolute Gasteiger partial charge is 0.457 e. The molecule has 2 aromatic carbocycles. The fourth-order valence-electron chi connectivity index (χ4n) is 2.24. The minimum absolute atomic E-state index is 0.0440. The van der Waals surface area contributed by atoms with E-state index in [0.29, 0.717) is 15.1 Å². The van der Waals surface area contributed by atoms with Gasteiger partial charge in [0, 0.05) is 12.1 Å².